The van der Waals surface area contributed by atoms with E-state index in [4.69, 9.17) is 0 Å². The van der Waals surface area contributed by atoms with Crippen molar-refractivity contribution in [3.63, 3.8) is 0 Å². The van der Waals surface area contributed by atoms with Crippen LogP contribution in [-0.2, 0) is 11.3 Å². The van der Waals surface area contributed by atoms with Crippen LogP contribution in [0, 0.1) is 0 Å². The second-order valence-corrected chi connectivity index (χ2v) is 5.51. The van der Waals surface area contributed by atoms with Gasteiger partial charge in [-0.3, -0.25) is 0 Å². The summed E-state index contributed by atoms with van der Waals surface area (Å²) in [6.45, 7) is 0.577. The van der Waals surface area contributed by atoms with Crippen molar-refractivity contribution in [1.29, 1.82) is 0 Å². The number of hydrogen-bond donors (Lipinski definition) is 2. The van der Waals surface area contributed by atoms with Crippen molar-refractivity contribution in [2.75, 3.05) is 7.05 Å². The number of nitrogens with one attached hydrogen (secondary N) is 1. The molecule has 2 N–H and O–H groups in total. The predicted molar refractivity (Wildman–Crippen MR) is 92.6 cm³/mol. The van der Waals surface area contributed by atoms with E-state index in [9.17, 15) is 9.90 Å². The normalized spacial score (nSPS) is 12.0. The van der Waals surface area contributed by atoms with Crippen molar-refractivity contribution in [2.24, 2.45) is 0 Å². The van der Waals surface area contributed by atoms with Crippen LogP contribution in [0.25, 0.3) is 11.4 Å². The fraction of sp³-hybridized carbons (Fsp3) is 0.158. The first-order chi connectivity index (χ1) is 11.7. The Balaban J connectivity index is 2.15. The van der Waals surface area contributed by atoms with Crippen molar-refractivity contribution < 1.29 is 9.90 Å². The van der Waals surface area contributed by atoms with Crippen LogP contribution in [0.5, 0.6) is 0 Å². The van der Waals surface area contributed by atoms with Crippen LogP contribution in [0.4, 0.5) is 0 Å². The summed E-state index contributed by atoms with van der Waals surface area (Å²) in [5, 5.41) is 12.9. The number of benzene rings is 2. The second-order valence-electron chi connectivity index (χ2n) is 5.51. The number of aliphatic carboxylic acids is 1. The molecule has 1 atom stereocenters. The fourth-order valence-corrected chi connectivity index (χ4v) is 2.77. The summed E-state index contributed by atoms with van der Waals surface area (Å²) in [6, 6.07) is 18.0. The summed E-state index contributed by atoms with van der Waals surface area (Å²) in [5.74, 6) is -0.260. The van der Waals surface area contributed by atoms with Gasteiger partial charge in [-0.1, -0.05) is 60.7 Å². The van der Waals surface area contributed by atoms with Crippen LogP contribution in [-0.4, -0.2) is 27.7 Å². The SMILES string of the molecule is CNCc1cn(C(C(=O)O)c2ccccc2)c(-c2ccccc2)n1. The average Bonchev–Trinajstić information content (AvgIpc) is 3.00. The van der Waals surface area contributed by atoms with Gasteiger partial charge in [-0.2, -0.15) is 0 Å². The van der Waals surface area contributed by atoms with Gasteiger partial charge in [0, 0.05) is 18.3 Å². The average molecular weight is 321 g/mol. The van der Waals surface area contributed by atoms with Gasteiger partial charge in [0.1, 0.15) is 5.82 Å². The van der Waals surface area contributed by atoms with Gasteiger partial charge in [0.05, 0.1) is 5.69 Å². The highest BCUT2D eigenvalue weighted by Gasteiger charge is 2.25. The van der Waals surface area contributed by atoms with E-state index in [1.165, 1.54) is 0 Å². The number of carboxylic acid groups (broad SMARTS) is 1. The van der Waals surface area contributed by atoms with Gasteiger partial charge in [-0.15, -0.1) is 0 Å². The maximum atomic E-state index is 12.0. The van der Waals surface area contributed by atoms with E-state index in [0.29, 0.717) is 12.4 Å². The lowest BCUT2D eigenvalue weighted by atomic mass is 10.1. The van der Waals surface area contributed by atoms with E-state index >= 15 is 0 Å². The number of carboxylic acids is 1. The van der Waals surface area contributed by atoms with Gasteiger partial charge in [-0.05, 0) is 12.6 Å². The zero-order valence-electron chi connectivity index (χ0n) is 13.4. The Labute approximate surface area is 140 Å². The molecule has 3 aromatic rings. The Bertz CT molecular complexity index is 813. The van der Waals surface area contributed by atoms with Crippen molar-refractivity contribution in [3.05, 3.63) is 78.1 Å². The molecular weight excluding hydrogens is 302 g/mol. The van der Waals surface area contributed by atoms with E-state index < -0.39 is 12.0 Å². The molecule has 5 heteroatoms. The highest BCUT2D eigenvalue weighted by molar-refractivity contribution is 5.77. The Kier molecular flexibility index (Phi) is 4.72. The van der Waals surface area contributed by atoms with E-state index in [-0.39, 0.29) is 0 Å². The molecule has 0 aliphatic heterocycles. The lowest BCUT2D eigenvalue weighted by Gasteiger charge is -2.17. The predicted octanol–water partition coefficient (Wildman–Crippen LogP) is 2.94. The van der Waals surface area contributed by atoms with Gasteiger partial charge in [0.25, 0.3) is 0 Å². The van der Waals surface area contributed by atoms with Gasteiger partial charge >= 0.3 is 5.97 Å². The molecule has 0 amide bonds. The van der Waals surface area contributed by atoms with Crippen LogP contribution in [0.15, 0.2) is 66.9 Å². The van der Waals surface area contributed by atoms with Gasteiger partial charge in [0.2, 0.25) is 0 Å². The minimum absolute atomic E-state index is 0.577. The summed E-state index contributed by atoms with van der Waals surface area (Å²) < 4.78 is 1.74. The lowest BCUT2D eigenvalue weighted by molar-refractivity contribution is -0.139. The smallest absolute Gasteiger partial charge is 0.331 e. The first-order valence-corrected chi connectivity index (χ1v) is 7.76. The zero-order valence-corrected chi connectivity index (χ0v) is 13.4. The third kappa shape index (κ3) is 3.21. The van der Waals surface area contributed by atoms with Crippen molar-refractivity contribution in [2.45, 2.75) is 12.6 Å². The van der Waals surface area contributed by atoms with Crippen LogP contribution in [0.1, 0.15) is 17.3 Å². The molecule has 0 fully saturated rings. The quantitative estimate of drug-likeness (QED) is 0.732. The minimum Gasteiger partial charge on any atom is -0.479 e. The molecule has 1 heterocycles. The number of carbonyl (C=O) groups is 1. The van der Waals surface area contributed by atoms with Gasteiger partial charge < -0.3 is 15.0 Å². The van der Waals surface area contributed by atoms with Crippen LogP contribution in [0.3, 0.4) is 0 Å². The number of aromatic nitrogens is 2. The van der Waals surface area contributed by atoms with E-state index in [0.717, 1.165) is 16.8 Å². The number of imidazole rings is 1. The second kappa shape index (κ2) is 7.10. The van der Waals surface area contributed by atoms with Gasteiger partial charge in [0.15, 0.2) is 6.04 Å². The van der Waals surface area contributed by atoms with E-state index in [1.54, 1.807) is 4.57 Å². The molecule has 1 unspecified atom stereocenters. The topological polar surface area (TPSA) is 67.2 Å². The van der Waals surface area contributed by atoms with E-state index in [2.05, 4.69) is 10.3 Å². The molecule has 2 aromatic carbocycles. The molecule has 3 rings (SSSR count). The molecule has 0 saturated heterocycles. The third-order valence-electron chi connectivity index (χ3n) is 3.80. The monoisotopic (exact) mass is 321 g/mol. The molecule has 0 bridgehead atoms. The Morgan fingerprint density at radius 3 is 2.33 bits per heavy atom. The maximum absolute atomic E-state index is 12.0. The van der Waals surface area contributed by atoms with Crippen molar-refractivity contribution in [1.82, 2.24) is 14.9 Å². The molecule has 24 heavy (non-hydrogen) atoms. The summed E-state index contributed by atoms with van der Waals surface area (Å²) >= 11 is 0. The molecule has 0 aliphatic rings. The first-order valence-electron chi connectivity index (χ1n) is 7.76. The summed E-state index contributed by atoms with van der Waals surface area (Å²) in [5.41, 5.74) is 2.41. The summed E-state index contributed by atoms with van der Waals surface area (Å²) in [4.78, 5) is 16.6. The molecular formula is C19H19N3O2. The highest BCUT2D eigenvalue weighted by atomic mass is 16.4. The first kappa shape index (κ1) is 16.0. The van der Waals surface area contributed by atoms with Crippen molar-refractivity contribution >= 4 is 5.97 Å². The van der Waals surface area contributed by atoms with Crippen LogP contribution < -0.4 is 5.32 Å². The lowest BCUT2D eigenvalue weighted by Crippen LogP contribution is -2.20. The third-order valence-corrected chi connectivity index (χ3v) is 3.80. The van der Waals surface area contributed by atoms with Gasteiger partial charge in [-0.25, -0.2) is 9.78 Å². The molecule has 5 nitrogen and oxygen atoms in total. The van der Waals surface area contributed by atoms with E-state index in [1.807, 2.05) is 73.9 Å². The molecule has 0 spiro atoms. The molecule has 1 aromatic heterocycles. The zero-order chi connectivity index (χ0) is 16.9. The van der Waals surface area contributed by atoms with Crippen molar-refractivity contribution in [3.8, 4) is 11.4 Å². The molecule has 122 valence electrons. The summed E-state index contributed by atoms with van der Waals surface area (Å²) in [6.07, 6.45) is 1.81. The fourth-order valence-electron chi connectivity index (χ4n) is 2.77. The molecule has 0 radical (unpaired) electrons. The molecule has 0 saturated carbocycles. The number of rotatable bonds is 6. The summed E-state index contributed by atoms with van der Waals surface area (Å²) in [7, 11) is 1.84. The largest absolute Gasteiger partial charge is 0.479 e. The van der Waals surface area contributed by atoms with Crippen LogP contribution in [0.2, 0.25) is 0 Å². The highest BCUT2D eigenvalue weighted by Crippen LogP contribution is 2.27. The Morgan fingerprint density at radius 1 is 1.12 bits per heavy atom. The molecule has 0 aliphatic carbocycles. The minimum atomic E-state index is -0.910. The van der Waals surface area contributed by atoms with Crippen LogP contribution >= 0.6 is 0 Å². The number of nitrogens with zero attached hydrogens (tertiary/aromatic N) is 2. The number of hydrogen-bond acceptors (Lipinski definition) is 3. The Morgan fingerprint density at radius 2 is 1.75 bits per heavy atom. The standard InChI is InChI=1S/C19H19N3O2/c1-20-12-16-13-22(18(21-16)15-10-6-3-7-11-15)17(19(23)24)14-8-4-2-5-9-14/h2-11,13,17,20H,12H2,1H3,(H,23,24). The maximum Gasteiger partial charge on any atom is 0.331 e. The Hall–Kier alpha value is -2.92.